The van der Waals surface area contributed by atoms with Gasteiger partial charge in [-0.2, -0.15) is 0 Å². The summed E-state index contributed by atoms with van der Waals surface area (Å²) in [7, 11) is 1.28. The highest BCUT2D eigenvalue weighted by Gasteiger charge is 2.38. The summed E-state index contributed by atoms with van der Waals surface area (Å²) in [6, 6.07) is -0.609. The average molecular weight is 201 g/mol. The second kappa shape index (κ2) is 4.41. The molecule has 0 unspecified atom stereocenters. The molecular formula is C9H15NO4. The van der Waals surface area contributed by atoms with Gasteiger partial charge >= 0.3 is 5.97 Å². The second-order valence-corrected chi connectivity index (χ2v) is 3.33. The quantitative estimate of drug-likeness (QED) is 0.613. The number of likely N-dealkylation sites (tertiary alicyclic amines) is 1. The molecule has 0 aromatic carbocycles. The Morgan fingerprint density at radius 2 is 2.21 bits per heavy atom. The van der Waals surface area contributed by atoms with E-state index < -0.39 is 18.1 Å². The highest BCUT2D eigenvalue weighted by Crippen LogP contribution is 2.19. The van der Waals surface area contributed by atoms with E-state index in [0.717, 1.165) is 0 Å². The summed E-state index contributed by atoms with van der Waals surface area (Å²) in [5, 5.41) is 9.36. The Kier molecular flexibility index (Phi) is 3.46. The molecule has 0 aliphatic carbocycles. The van der Waals surface area contributed by atoms with Gasteiger partial charge in [0.05, 0.1) is 13.2 Å². The fraction of sp³-hybridized carbons (Fsp3) is 0.778. The first-order valence-corrected chi connectivity index (χ1v) is 4.65. The predicted molar refractivity (Wildman–Crippen MR) is 48.4 cm³/mol. The highest BCUT2D eigenvalue weighted by atomic mass is 16.5. The van der Waals surface area contributed by atoms with E-state index in [2.05, 4.69) is 4.74 Å². The van der Waals surface area contributed by atoms with Crippen molar-refractivity contribution in [3.8, 4) is 0 Å². The molecular weight excluding hydrogens is 186 g/mol. The third-order valence-electron chi connectivity index (χ3n) is 2.38. The van der Waals surface area contributed by atoms with Gasteiger partial charge in [0, 0.05) is 19.4 Å². The summed E-state index contributed by atoms with van der Waals surface area (Å²) >= 11 is 0. The minimum absolute atomic E-state index is 0.128. The maximum absolute atomic E-state index is 11.4. The van der Waals surface area contributed by atoms with Gasteiger partial charge in [-0.1, -0.05) is 6.92 Å². The van der Waals surface area contributed by atoms with E-state index in [-0.39, 0.29) is 18.9 Å². The largest absolute Gasteiger partial charge is 0.467 e. The van der Waals surface area contributed by atoms with Crippen molar-refractivity contribution in [2.24, 2.45) is 0 Å². The van der Waals surface area contributed by atoms with E-state index in [9.17, 15) is 14.7 Å². The molecule has 14 heavy (non-hydrogen) atoms. The van der Waals surface area contributed by atoms with Crippen LogP contribution in [-0.4, -0.2) is 47.7 Å². The van der Waals surface area contributed by atoms with Gasteiger partial charge in [-0.25, -0.2) is 4.79 Å². The lowest BCUT2D eigenvalue weighted by molar-refractivity contribution is -0.150. The van der Waals surface area contributed by atoms with Crippen LogP contribution in [0.2, 0.25) is 0 Å². The van der Waals surface area contributed by atoms with Crippen LogP contribution in [0.15, 0.2) is 0 Å². The number of amides is 1. The SMILES string of the molecule is CCC(=O)N1C[C@H](O)C[C@H]1C(=O)OC. The van der Waals surface area contributed by atoms with Gasteiger partial charge in [0.25, 0.3) is 0 Å². The van der Waals surface area contributed by atoms with Crippen LogP contribution in [0.4, 0.5) is 0 Å². The molecule has 1 rings (SSSR count). The molecule has 0 aromatic rings. The van der Waals surface area contributed by atoms with Gasteiger partial charge in [0.15, 0.2) is 0 Å². The molecule has 0 radical (unpaired) electrons. The van der Waals surface area contributed by atoms with Crippen LogP contribution in [-0.2, 0) is 14.3 Å². The van der Waals surface area contributed by atoms with E-state index in [4.69, 9.17) is 0 Å². The Hall–Kier alpha value is -1.10. The number of methoxy groups -OCH3 is 1. The Labute approximate surface area is 82.6 Å². The number of esters is 1. The standard InChI is InChI=1S/C9H15NO4/c1-3-8(12)10-5-6(11)4-7(10)9(13)14-2/h6-7,11H,3-5H2,1-2H3/t6-,7+/m1/s1. The lowest BCUT2D eigenvalue weighted by Crippen LogP contribution is -2.40. The minimum atomic E-state index is -0.616. The third-order valence-corrected chi connectivity index (χ3v) is 2.38. The number of nitrogens with zero attached hydrogens (tertiary/aromatic N) is 1. The Balaban J connectivity index is 2.72. The van der Waals surface area contributed by atoms with E-state index in [0.29, 0.717) is 6.42 Å². The fourth-order valence-electron chi connectivity index (χ4n) is 1.65. The summed E-state index contributed by atoms with van der Waals surface area (Å²) in [4.78, 5) is 24.0. The molecule has 1 amide bonds. The van der Waals surface area contributed by atoms with E-state index in [1.165, 1.54) is 12.0 Å². The topological polar surface area (TPSA) is 66.8 Å². The zero-order chi connectivity index (χ0) is 10.7. The molecule has 2 atom stereocenters. The van der Waals surface area contributed by atoms with E-state index >= 15 is 0 Å². The van der Waals surface area contributed by atoms with Crippen molar-refractivity contribution in [1.29, 1.82) is 0 Å². The number of aliphatic hydroxyl groups excluding tert-OH is 1. The molecule has 0 spiro atoms. The van der Waals surface area contributed by atoms with Crippen LogP contribution < -0.4 is 0 Å². The van der Waals surface area contributed by atoms with Crippen molar-refractivity contribution >= 4 is 11.9 Å². The van der Waals surface area contributed by atoms with Gasteiger partial charge in [-0.05, 0) is 0 Å². The second-order valence-electron chi connectivity index (χ2n) is 3.33. The number of ether oxygens (including phenoxy) is 1. The summed E-state index contributed by atoms with van der Waals surface area (Å²) < 4.78 is 4.56. The first-order chi connectivity index (χ1) is 6.60. The van der Waals surface area contributed by atoms with Crippen molar-refractivity contribution in [2.45, 2.75) is 31.9 Å². The van der Waals surface area contributed by atoms with Crippen LogP contribution >= 0.6 is 0 Å². The maximum atomic E-state index is 11.4. The summed E-state index contributed by atoms with van der Waals surface area (Å²) in [5.41, 5.74) is 0. The first-order valence-electron chi connectivity index (χ1n) is 4.65. The molecule has 1 fully saturated rings. The predicted octanol–water partition coefficient (Wildman–Crippen LogP) is -0.469. The van der Waals surface area contributed by atoms with Crippen molar-refractivity contribution in [3.05, 3.63) is 0 Å². The number of carbonyl (C=O) groups excluding carboxylic acids is 2. The molecule has 1 heterocycles. The van der Waals surface area contributed by atoms with Gasteiger partial charge in [-0.15, -0.1) is 0 Å². The lowest BCUT2D eigenvalue weighted by atomic mass is 10.2. The van der Waals surface area contributed by atoms with Crippen LogP contribution in [0.5, 0.6) is 0 Å². The van der Waals surface area contributed by atoms with Crippen LogP contribution in [0, 0.1) is 0 Å². The molecule has 0 saturated carbocycles. The smallest absolute Gasteiger partial charge is 0.328 e. The number of hydrogen-bond acceptors (Lipinski definition) is 4. The first kappa shape index (κ1) is 11.0. The molecule has 1 aliphatic rings. The van der Waals surface area contributed by atoms with Crippen molar-refractivity contribution in [1.82, 2.24) is 4.90 Å². The van der Waals surface area contributed by atoms with E-state index in [1.54, 1.807) is 6.92 Å². The minimum Gasteiger partial charge on any atom is -0.467 e. The molecule has 0 bridgehead atoms. The molecule has 1 saturated heterocycles. The molecule has 1 aliphatic heterocycles. The Morgan fingerprint density at radius 3 is 2.71 bits per heavy atom. The Bertz CT molecular complexity index is 217. The Morgan fingerprint density at radius 1 is 1.57 bits per heavy atom. The van der Waals surface area contributed by atoms with Crippen LogP contribution in [0.25, 0.3) is 0 Å². The molecule has 1 N–H and O–H groups in total. The van der Waals surface area contributed by atoms with Crippen molar-refractivity contribution in [2.75, 3.05) is 13.7 Å². The highest BCUT2D eigenvalue weighted by molar-refractivity contribution is 5.85. The zero-order valence-electron chi connectivity index (χ0n) is 8.40. The molecule has 0 aromatic heterocycles. The molecule has 80 valence electrons. The normalized spacial score (nSPS) is 26.4. The monoisotopic (exact) mass is 201 g/mol. The maximum Gasteiger partial charge on any atom is 0.328 e. The van der Waals surface area contributed by atoms with Crippen LogP contribution in [0.1, 0.15) is 19.8 Å². The number of aliphatic hydroxyl groups is 1. The number of β-amino-alcohol motifs (C(OH)–C–C–N with tert-alkyl or cyclic N) is 1. The summed E-state index contributed by atoms with van der Waals surface area (Å²) in [6.07, 6.45) is -0.00636. The van der Waals surface area contributed by atoms with Gasteiger partial charge in [0.2, 0.25) is 5.91 Å². The number of rotatable bonds is 2. The fourth-order valence-corrected chi connectivity index (χ4v) is 1.65. The number of hydrogen-bond donors (Lipinski definition) is 1. The van der Waals surface area contributed by atoms with Crippen LogP contribution in [0.3, 0.4) is 0 Å². The summed E-state index contributed by atoms with van der Waals surface area (Å²) in [6.45, 7) is 1.95. The van der Waals surface area contributed by atoms with E-state index in [1.807, 2.05) is 0 Å². The molecule has 5 nitrogen and oxygen atoms in total. The van der Waals surface area contributed by atoms with Gasteiger partial charge in [-0.3, -0.25) is 4.79 Å². The van der Waals surface area contributed by atoms with Crippen molar-refractivity contribution < 1.29 is 19.4 Å². The number of carbonyl (C=O) groups is 2. The lowest BCUT2D eigenvalue weighted by Gasteiger charge is -2.21. The average Bonchev–Trinajstić information content (AvgIpc) is 2.58. The van der Waals surface area contributed by atoms with Gasteiger partial charge < -0.3 is 14.7 Å². The third kappa shape index (κ3) is 2.04. The summed E-state index contributed by atoms with van der Waals surface area (Å²) in [5.74, 6) is -0.583. The van der Waals surface area contributed by atoms with Crippen molar-refractivity contribution in [3.63, 3.8) is 0 Å². The van der Waals surface area contributed by atoms with Gasteiger partial charge in [0.1, 0.15) is 6.04 Å². The zero-order valence-corrected chi connectivity index (χ0v) is 8.40. The molecule has 5 heteroatoms.